The van der Waals surface area contributed by atoms with Crippen LogP contribution in [-0.4, -0.2) is 21.4 Å². The Morgan fingerprint density at radius 1 is 1.16 bits per heavy atom. The third-order valence-corrected chi connectivity index (χ3v) is 5.45. The number of anilines is 1. The van der Waals surface area contributed by atoms with Crippen molar-refractivity contribution in [1.29, 1.82) is 0 Å². The first-order valence-corrected chi connectivity index (χ1v) is 9.00. The molecule has 2 aromatic carbocycles. The number of benzene rings is 2. The second-order valence-electron chi connectivity index (χ2n) is 5.89. The van der Waals surface area contributed by atoms with Crippen LogP contribution in [0.1, 0.15) is 22.1 Å². The Morgan fingerprint density at radius 2 is 1.88 bits per heavy atom. The normalized spacial score (nSPS) is 16.9. The van der Waals surface area contributed by atoms with Crippen LogP contribution >= 0.6 is 11.8 Å². The van der Waals surface area contributed by atoms with Crippen molar-refractivity contribution < 1.29 is 9.18 Å². The van der Waals surface area contributed by atoms with Gasteiger partial charge in [0.05, 0.1) is 22.4 Å². The maximum Gasteiger partial charge on any atom is 0.235 e. The van der Waals surface area contributed by atoms with E-state index in [1.165, 1.54) is 23.9 Å². The van der Waals surface area contributed by atoms with E-state index in [0.717, 1.165) is 22.5 Å². The number of carbonyl (C=O) groups is 1. The molecule has 0 spiro atoms. The fourth-order valence-electron chi connectivity index (χ4n) is 3.04. The molecule has 1 atom stereocenters. The van der Waals surface area contributed by atoms with Crippen LogP contribution in [0.15, 0.2) is 54.6 Å². The first-order valence-electron chi connectivity index (χ1n) is 7.95. The van der Waals surface area contributed by atoms with Gasteiger partial charge in [-0.3, -0.25) is 4.79 Å². The molecular formula is C19H16FN3OS. The number of thioether (sulfide) groups is 1. The molecule has 0 saturated heterocycles. The minimum absolute atomic E-state index is 0.0621. The van der Waals surface area contributed by atoms with Crippen LogP contribution in [0.2, 0.25) is 0 Å². The minimum Gasteiger partial charge on any atom is -0.310 e. The number of hydrogen-bond acceptors (Lipinski definition) is 3. The van der Waals surface area contributed by atoms with Crippen LogP contribution in [0, 0.1) is 12.7 Å². The van der Waals surface area contributed by atoms with Crippen molar-refractivity contribution in [1.82, 2.24) is 9.78 Å². The van der Waals surface area contributed by atoms with Crippen LogP contribution in [-0.2, 0) is 4.79 Å². The van der Waals surface area contributed by atoms with Crippen LogP contribution < -0.4 is 5.32 Å². The van der Waals surface area contributed by atoms with Gasteiger partial charge in [-0.1, -0.05) is 30.3 Å². The quantitative estimate of drug-likeness (QED) is 0.755. The molecule has 0 fully saturated rings. The molecule has 6 heteroatoms. The third kappa shape index (κ3) is 2.93. The molecule has 4 rings (SSSR count). The Balaban J connectivity index is 1.88. The highest BCUT2D eigenvalue weighted by atomic mass is 32.2. The van der Waals surface area contributed by atoms with Gasteiger partial charge in [0.15, 0.2) is 0 Å². The standard InChI is InChI=1S/C19H16FN3OS/c1-12-17-18(13-7-9-14(20)10-8-13)25-11-16(24)21-19(17)23(22-12)15-5-3-2-4-6-15/h2-10,18H,11H2,1H3,(H,21,24). The monoisotopic (exact) mass is 353 g/mol. The van der Waals surface area contributed by atoms with Gasteiger partial charge in [-0.2, -0.15) is 5.10 Å². The molecule has 126 valence electrons. The van der Waals surface area contributed by atoms with Gasteiger partial charge in [0, 0.05) is 5.56 Å². The maximum absolute atomic E-state index is 13.3. The predicted octanol–water partition coefficient (Wildman–Crippen LogP) is 4.09. The SMILES string of the molecule is Cc1nn(-c2ccccc2)c2c1C(c1ccc(F)cc1)SCC(=O)N2. The van der Waals surface area contributed by atoms with Gasteiger partial charge < -0.3 is 5.32 Å². The molecule has 1 amide bonds. The predicted molar refractivity (Wildman–Crippen MR) is 97.6 cm³/mol. The summed E-state index contributed by atoms with van der Waals surface area (Å²) >= 11 is 1.53. The number of hydrogen-bond donors (Lipinski definition) is 1. The second kappa shape index (κ2) is 6.37. The number of aryl methyl sites for hydroxylation is 1. The highest BCUT2D eigenvalue weighted by molar-refractivity contribution is 8.00. The minimum atomic E-state index is -0.270. The smallest absolute Gasteiger partial charge is 0.235 e. The van der Waals surface area contributed by atoms with E-state index in [1.54, 1.807) is 16.8 Å². The fraction of sp³-hybridized carbons (Fsp3) is 0.158. The van der Waals surface area contributed by atoms with Gasteiger partial charge >= 0.3 is 0 Å². The Hall–Kier alpha value is -2.60. The summed E-state index contributed by atoms with van der Waals surface area (Å²) in [5.74, 6) is 0.694. The third-order valence-electron chi connectivity index (χ3n) is 4.18. The molecule has 25 heavy (non-hydrogen) atoms. The zero-order valence-corrected chi connectivity index (χ0v) is 14.4. The molecule has 0 bridgehead atoms. The summed E-state index contributed by atoms with van der Waals surface area (Å²) in [7, 11) is 0. The second-order valence-corrected chi connectivity index (χ2v) is 6.98. The topological polar surface area (TPSA) is 46.9 Å². The van der Waals surface area contributed by atoms with Crippen molar-refractivity contribution in [3.05, 3.63) is 77.2 Å². The van der Waals surface area contributed by atoms with Crippen LogP contribution in [0.25, 0.3) is 5.69 Å². The summed E-state index contributed by atoms with van der Waals surface area (Å²) in [6.07, 6.45) is 0. The molecule has 1 unspecified atom stereocenters. The lowest BCUT2D eigenvalue weighted by atomic mass is 10.0. The fourth-order valence-corrected chi connectivity index (χ4v) is 4.23. The Bertz CT molecular complexity index is 922. The maximum atomic E-state index is 13.3. The number of amides is 1. The van der Waals surface area contributed by atoms with Crippen molar-refractivity contribution in [3.8, 4) is 5.69 Å². The number of nitrogens with zero attached hydrogens (tertiary/aromatic N) is 2. The summed E-state index contributed by atoms with van der Waals surface area (Å²) in [4.78, 5) is 12.2. The lowest BCUT2D eigenvalue weighted by Gasteiger charge is -2.15. The number of carbonyl (C=O) groups excluding carboxylic acids is 1. The Kier molecular flexibility index (Phi) is 4.05. The van der Waals surface area contributed by atoms with Gasteiger partial charge in [-0.25, -0.2) is 9.07 Å². The highest BCUT2D eigenvalue weighted by Crippen LogP contribution is 2.43. The lowest BCUT2D eigenvalue weighted by Crippen LogP contribution is -2.15. The molecule has 2 heterocycles. The van der Waals surface area contributed by atoms with Gasteiger partial charge in [0.1, 0.15) is 11.6 Å². The molecule has 4 nitrogen and oxygen atoms in total. The first-order chi connectivity index (χ1) is 12.1. The molecule has 0 radical (unpaired) electrons. The largest absolute Gasteiger partial charge is 0.310 e. The molecule has 1 aliphatic rings. The van der Waals surface area contributed by atoms with Crippen molar-refractivity contribution in [2.75, 3.05) is 11.1 Å². The molecule has 0 saturated carbocycles. The molecule has 3 aromatic rings. The number of rotatable bonds is 2. The van der Waals surface area contributed by atoms with E-state index in [1.807, 2.05) is 37.3 Å². The molecule has 1 N–H and O–H groups in total. The van der Waals surface area contributed by atoms with E-state index in [0.29, 0.717) is 11.6 Å². The van der Waals surface area contributed by atoms with E-state index < -0.39 is 0 Å². The summed E-state index contributed by atoms with van der Waals surface area (Å²) < 4.78 is 15.1. The van der Waals surface area contributed by atoms with Gasteiger partial charge in [0.25, 0.3) is 0 Å². The van der Waals surface area contributed by atoms with Gasteiger partial charge in [0.2, 0.25) is 5.91 Å². The number of aromatic nitrogens is 2. The molecule has 1 aromatic heterocycles. The van der Waals surface area contributed by atoms with E-state index in [9.17, 15) is 9.18 Å². The average Bonchev–Trinajstić information content (AvgIpc) is 2.83. The summed E-state index contributed by atoms with van der Waals surface area (Å²) in [6.45, 7) is 1.94. The van der Waals surface area contributed by atoms with E-state index in [2.05, 4.69) is 10.4 Å². The van der Waals surface area contributed by atoms with Crippen molar-refractivity contribution in [2.45, 2.75) is 12.2 Å². The average molecular weight is 353 g/mol. The number of para-hydroxylation sites is 1. The number of fused-ring (bicyclic) bond motifs is 1. The van der Waals surface area contributed by atoms with E-state index in [-0.39, 0.29) is 17.0 Å². The van der Waals surface area contributed by atoms with Crippen LogP contribution in [0.5, 0.6) is 0 Å². The van der Waals surface area contributed by atoms with Gasteiger partial charge in [-0.05, 0) is 36.8 Å². The van der Waals surface area contributed by atoms with Crippen LogP contribution in [0.4, 0.5) is 10.2 Å². The summed E-state index contributed by atoms with van der Waals surface area (Å²) in [5.41, 5.74) is 3.66. The number of halogens is 1. The number of nitrogens with one attached hydrogen (secondary N) is 1. The van der Waals surface area contributed by atoms with E-state index in [4.69, 9.17) is 0 Å². The van der Waals surface area contributed by atoms with Crippen molar-refractivity contribution in [2.24, 2.45) is 0 Å². The first kappa shape index (κ1) is 15.9. The van der Waals surface area contributed by atoms with Gasteiger partial charge in [-0.15, -0.1) is 11.8 Å². The van der Waals surface area contributed by atoms with Crippen LogP contribution in [0.3, 0.4) is 0 Å². The zero-order chi connectivity index (χ0) is 17.4. The highest BCUT2D eigenvalue weighted by Gasteiger charge is 2.30. The lowest BCUT2D eigenvalue weighted by molar-refractivity contribution is -0.113. The Morgan fingerprint density at radius 3 is 2.60 bits per heavy atom. The summed E-state index contributed by atoms with van der Waals surface area (Å²) in [6, 6.07) is 16.1. The molecule has 1 aliphatic heterocycles. The molecular weight excluding hydrogens is 337 g/mol. The van der Waals surface area contributed by atoms with Crippen molar-refractivity contribution in [3.63, 3.8) is 0 Å². The van der Waals surface area contributed by atoms with E-state index >= 15 is 0 Å². The summed E-state index contributed by atoms with van der Waals surface area (Å²) in [5, 5.41) is 7.56. The van der Waals surface area contributed by atoms with Crippen molar-refractivity contribution >= 4 is 23.5 Å². The molecule has 0 aliphatic carbocycles. The Labute approximate surface area is 149 Å². The zero-order valence-electron chi connectivity index (χ0n) is 13.6.